The Labute approximate surface area is 656 Å². The minimum absolute atomic E-state index is 0.0247. The highest BCUT2D eigenvalue weighted by molar-refractivity contribution is 8.57. The first-order valence-electron chi connectivity index (χ1n) is 35.1. The lowest BCUT2D eigenvalue weighted by Crippen LogP contribution is -2.44. The van der Waals surface area contributed by atoms with Crippen molar-refractivity contribution in [3.63, 3.8) is 0 Å². The predicted octanol–water partition coefficient (Wildman–Crippen LogP) is 2.54. The van der Waals surface area contributed by atoms with E-state index in [9.17, 15) is 73.1 Å². The number of hydrogen-bond donors (Lipinski definition) is 15. The molecule has 114 heavy (non-hydrogen) atoms. The summed E-state index contributed by atoms with van der Waals surface area (Å²) in [6, 6.07) is 25.1. The van der Waals surface area contributed by atoms with Crippen LogP contribution in [0.1, 0.15) is 95.2 Å². The first-order chi connectivity index (χ1) is 53.9. The van der Waals surface area contributed by atoms with Crippen LogP contribution in [-0.2, 0) is 70.1 Å². The minimum atomic E-state index is -3.55. The zero-order chi connectivity index (χ0) is 81.7. The van der Waals surface area contributed by atoms with E-state index in [1.54, 1.807) is 20.8 Å². The maximum absolute atomic E-state index is 13.2. The number of H-pyrrole nitrogens is 3. The van der Waals surface area contributed by atoms with E-state index in [-0.39, 0.29) is 88.4 Å². The molecule has 0 radical (unpaired) electrons. The van der Waals surface area contributed by atoms with Crippen LogP contribution in [0.25, 0.3) is 33.5 Å². The second-order valence-corrected chi connectivity index (χ2v) is 40.7. The van der Waals surface area contributed by atoms with Gasteiger partial charge in [-0.05, 0) is 58.2 Å². The zero-order valence-electron chi connectivity index (χ0n) is 61.2. The fourth-order valence-corrected chi connectivity index (χ4v) is 24.7. The number of carbonyl (C=O) groups is 3. The monoisotopic (exact) mass is 1700 g/mol. The molecule has 0 spiro atoms. The topological polar surface area (TPSA) is 612 Å². The van der Waals surface area contributed by atoms with E-state index in [2.05, 4.69) is 60.1 Å². The number of hydrogen-bond acceptors (Lipinski definition) is 36. The molecular formula is C66H81N18O24P3S3. The minimum Gasteiger partial charge on any atom is -0.457 e. The van der Waals surface area contributed by atoms with Gasteiger partial charge in [0.15, 0.2) is 52.2 Å². The third-order valence-corrected chi connectivity index (χ3v) is 31.4. The van der Waals surface area contributed by atoms with Crippen molar-refractivity contribution in [2.75, 3.05) is 54.3 Å². The summed E-state index contributed by atoms with van der Waals surface area (Å²) in [4.78, 5) is 105. The summed E-state index contributed by atoms with van der Waals surface area (Å²) in [5.74, 6) is -1.68. The number of nitrogen functional groups attached to an aromatic ring is 3. The molecule has 9 aromatic rings. The smallest absolute Gasteiger partial charge is 0.327 e. The number of esters is 3. The Balaban J connectivity index is 0.000000149. The van der Waals surface area contributed by atoms with Gasteiger partial charge in [-0.15, -0.1) is 0 Å². The number of aliphatic hydroxyl groups is 6. The normalized spacial score (nSPS) is 32.0. The molecule has 0 saturated carbocycles. The van der Waals surface area contributed by atoms with Gasteiger partial charge in [0.2, 0.25) is 17.8 Å². The number of aromatic nitrogens is 12. The second-order valence-electron chi connectivity index (χ2n) is 27.7. The summed E-state index contributed by atoms with van der Waals surface area (Å²) >= 11 is 2.81. The van der Waals surface area contributed by atoms with Crippen LogP contribution in [0.3, 0.4) is 0 Å². The number of benzene rings is 3. The van der Waals surface area contributed by atoms with E-state index in [1.807, 2.05) is 91.0 Å². The van der Waals surface area contributed by atoms with Crippen LogP contribution in [0.4, 0.5) is 17.8 Å². The molecule has 6 saturated heterocycles. The summed E-state index contributed by atoms with van der Waals surface area (Å²) in [6.07, 6.45) is -9.09. The van der Waals surface area contributed by atoms with Gasteiger partial charge in [0.05, 0.1) is 38.8 Å². The molecule has 6 aliphatic heterocycles. The van der Waals surface area contributed by atoms with Gasteiger partial charge in [-0.25, -0.2) is 30.2 Å². The molecule has 15 rings (SSSR count). The summed E-state index contributed by atoms with van der Waals surface area (Å²) in [5.41, 5.74) is 12.2. The molecule has 48 heteroatoms. The molecule has 0 aliphatic carbocycles. The highest BCUT2D eigenvalue weighted by atomic mass is 32.7. The van der Waals surface area contributed by atoms with Gasteiger partial charge < -0.3 is 89.8 Å². The van der Waals surface area contributed by atoms with Gasteiger partial charge in [-0.1, -0.05) is 125 Å². The number of aromatic amines is 3. The SMILES string of the molecule is C[C@H](OC(=O)[C@@H]1CSP(=O)(OCC2O[C@@H](n3cnc4c(=O)[nH]c(N)nc43)[C@](C)(O)[C@@H]2O)N1)c1ccccc1.C[C@H](OC(=O)[C@@H]1CS[P@@](=O)(OCC2O[C@@H](n3cnc4c(=O)[nH]c(N)nc43)[C@](C)(O)[C@@H]2O)N1)c1ccccc1.C[C@H](OC(=O)[C@@H]1CS[P@](=O)(OCC2O[C@@H](n3cnc4c(=O)[nH]c(N)nc43)[C@](C)(O)[C@@H]2O)N1)c1ccccc1. The van der Waals surface area contributed by atoms with Crippen LogP contribution >= 0.6 is 54.3 Å². The van der Waals surface area contributed by atoms with Crippen molar-refractivity contribution in [2.24, 2.45) is 0 Å². The van der Waals surface area contributed by atoms with Crippen molar-refractivity contribution < 1.29 is 101 Å². The average Bonchev–Trinajstić information content (AvgIpc) is 1.60. The van der Waals surface area contributed by atoms with Gasteiger partial charge in [-0.2, -0.15) is 15.0 Å². The van der Waals surface area contributed by atoms with Gasteiger partial charge in [-0.3, -0.25) is 71.1 Å². The lowest BCUT2D eigenvalue weighted by atomic mass is 9.96. The fraction of sp³-hybridized carbons (Fsp3) is 0.455. The quantitative estimate of drug-likeness (QED) is 0.0279. The molecule has 6 aromatic heterocycles. The van der Waals surface area contributed by atoms with E-state index >= 15 is 0 Å². The Morgan fingerprint density at radius 2 is 0.719 bits per heavy atom. The Bertz CT molecular complexity index is 4860. The van der Waals surface area contributed by atoms with Crippen LogP contribution in [0.5, 0.6) is 0 Å². The summed E-state index contributed by atoms with van der Waals surface area (Å²) in [7, 11) is 0. The first-order valence-corrected chi connectivity index (χ1v) is 44.7. The summed E-state index contributed by atoms with van der Waals surface area (Å²) in [6.45, 7) is -2.48. The zero-order valence-corrected chi connectivity index (χ0v) is 66.3. The number of nitrogens with zero attached hydrogens (tertiary/aromatic N) is 9. The van der Waals surface area contributed by atoms with Crippen LogP contribution < -0.4 is 49.1 Å². The van der Waals surface area contributed by atoms with E-state index in [0.717, 1.165) is 50.8 Å². The maximum Gasteiger partial charge on any atom is 0.327 e. The van der Waals surface area contributed by atoms with Gasteiger partial charge in [0, 0.05) is 17.3 Å². The second kappa shape index (κ2) is 33.3. The number of aliphatic hydroxyl groups excluding tert-OH is 3. The highest BCUT2D eigenvalue weighted by Crippen LogP contribution is 2.63. The fourth-order valence-electron chi connectivity index (χ4n) is 13.0. The molecular weight excluding hydrogens is 1620 g/mol. The molecule has 612 valence electrons. The van der Waals surface area contributed by atoms with Crippen molar-refractivity contribution >= 4 is 124 Å². The third kappa shape index (κ3) is 17.5. The number of fused-ring (bicyclic) bond motifs is 3. The molecule has 42 nitrogen and oxygen atoms in total. The lowest BCUT2D eigenvalue weighted by molar-refractivity contribution is -0.150. The Morgan fingerprint density at radius 1 is 0.474 bits per heavy atom. The van der Waals surface area contributed by atoms with Crippen molar-refractivity contribution in [2.45, 2.75) is 150 Å². The first kappa shape index (κ1) is 83.6. The van der Waals surface area contributed by atoms with Crippen LogP contribution in [-0.4, -0.2) is 216 Å². The number of ether oxygens (including phenoxy) is 6. The number of carbonyl (C=O) groups excluding carboxylic acids is 3. The number of nitrogens with one attached hydrogen (secondary N) is 6. The number of imidazole rings is 3. The van der Waals surface area contributed by atoms with Crippen LogP contribution in [0, 0.1) is 0 Å². The molecule has 4 unspecified atom stereocenters. The van der Waals surface area contributed by atoms with Crippen LogP contribution in [0.2, 0.25) is 0 Å². The van der Waals surface area contributed by atoms with Crippen molar-refractivity contribution in [3.8, 4) is 0 Å². The van der Waals surface area contributed by atoms with Gasteiger partial charge >= 0.3 is 38.1 Å². The highest BCUT2D eigenvalue weighted by Gasteiger charge is 2.58. The third-order valence-electron chi connectivity index (χ3n) is 19.3. The van der Waals surface area contributed by atoms with E-state index in [1.165, 1.54) is 53.5 Å². The van der Waals surface area contributed by atoms with Crippen molar-refractivity contribution in [1.29, 1.82) is 0 Å². The molecule has 6 fully saturated rings. The number of anilines is 3. The average molecular weight is 1700 g/mol. The molecule has 12 heterocycles. The Kier molecular flexibility index (Phi) is 24.5. The molecule has 21 atom stereocenters. The Hall–Kier alpha value is -8.34. The summed E-state index contributed by atoms with van der Waals surface area (Å²) < 4.78 is 94.4. The molecule has 0 bridgehead atoms. The van der Waals surface area contributed by atoms with E-state index in [4.69, 9.17) is 59.2 Å². The van der Waals surface area contributed by atoms with Crippen LogP contribution in [0.15, 0.2) is 124 Å². The lowest BCUT2D eigenvalue weighted by Gasteiger charge is -2.27. The van der Waals surface area contributed by atoms with Crippen molar-refractivity contribution in [1.82, 2.24) is 73.8 Å². The molecule has 3 aromatic carbocycles. The molecule has 0 amide bonds. The van der Waals surface area contributed by atoms with E-state index < -0.39 is 163 Å². The number of rotatable bonds is 21. The molecule has 6 aliphatic rings. The van der Waals surface area contributed by atoms with Gasteiger partial charge in [0.1, 0.15) is 89.9 Å². The van der Waals surface area contributed by atoms with Gasteiger partial charge in [0.25, 0.3) is 16.7 Å². The van der Waals surface area contributed by atoms with E-state index in [0.29, 0.717) is 0 Å². The predicted molar refractivity (Wildman–Crippen MR) is 411 cm³/mol. The standard InChI is InChI=1S/3C22H27N6O8PS/c3*1-11(12-6-4-3-5-7-12)35-19(31)13-9-38-37(33,27-13)34-8-14-16(29)22(2,32)20(36-14)28-10-24-15-17(28)25-21(23)26-18(15)30/h3*3-7,10-11,13-14,16,20,29,32H,8-9H2,1-2H3,(H,27,33)(H3,23,25,26,30)/t11-,13-,14?,16+,20+,22+,37?;11-,13-,14?,16+,20+,22+,37+;11-,13-,14?,16+,20+,22+,37-/m000/s1. The largest absolute Gasteiger partial charge is 0.457 e. The maximum atomic E-state index is 13.2. The summed E-state index contributed by atoms with van der Waals surface area (Å²) in [5, 5.41) is 73.6. The molecule has 18 N–H and O–H groups in total. The number of nitrogens with two attached hydrogens (primary N) is 3. The van der Waals surface area contributed by atoms with Crippen molar-refractivity contribution in [3.05, 3.63) is 158 Å². The Morgan fingerprint density at radius 3 is 0.965 bits per heavy atom.